The molecule has 0 aliphatic carbocycles. The minimum Gasteiger partial charge on any atom is -0.748 e. The molecule has 0 bridgehead atoms. The normalized spacial score (nSPS) is 13.6. The molecule has 14 rings (SSSR count). The van der Waals surface area contributed by atoms with E-state index in [0.29, 0.717) is 41.2 Å². The lowest BCUT2D eigenvalue weighted by atomic mass is 10.0. The first-order valence-corrected chi connectivity index (χ1v) is 44.3. The zero-order valence-electron chi connectivity index (χ0n) is 64.4. The number of fused-ring (bicyclic) bond motifs is 7. The summed E-state index contributed by atoms with van der Waals surface area (Å²) in [5.74, 6) is -1.59. The van der Waals surface area contributed by atoms with Gasteiger partial charge in [-0.2, -0.15) is 9.13 Å². The predicted molar refractivity (Wildman–Crippen MR) is 450 cm³/mol. The largest absolute Gasteiger partial charge is 0.748 e. The van der Waals surface area contributed by atoms with E-state index in [9.17, 15) is 50.8 Å². The van der Waals surface area contributed by atoms with Gasteiger partial charge in [-0.05, 0) is 165 Å². The average molecular weight is 1660 g/mol. The minimum absolute atomic E-state index is 0.167. The molecular formula is C86H94ClN9O13S5-2. The van der Waals surface area contributed by atoms with Crippen LogP contribution in [0.5, 0.6) is 11.5 Å². The van der Waals surface area contributed by atoms with Gasteiger partial charge in [0, 0.05) is 84.5 Å². The zero-order chi connectivity index (χ0) is 81.1. The summed E-state index contributed by atoms with van der Waals surface area (Å²) in [7, 11) is -4.47. The molecular weight excluding hydrogens is 1560 g/mol. The summed E-state index contributed by atoms with van der Waals surface area (Å²) in [6.07, 6.45) is 21.7. The molecule has 0 fully saturated rings. The van der Waals surface area contributed by atoms with Crippen molar-refractivity contribution in [1.29, 1.82) is 0 Å². The first kappa shape index (κ1) is 85.4. The summed E-state index contributed by atoms with van der Waals surface area (Å²) in [6, 6.07) is 56.6. The molecule has 1 atom stereocenters. The van der Waals surface area contributed by atoms with Crippen LogP contribution in [-0.2, 0) is 50.3 Å². The van der Waals surface area contributed by atoms with Crippen molar-refractivity contribution in [2.75, 3.05) is 54.0 Å². The standard InChI is InChI=1S/C29H24N2O4S2.C25H35N3O.C23H20ClN3O3S3.C9H17NO5/c1-30-28(36-26-15-13-21-10-5-6-11-23(21)29(26)30)19-27-31(16-7-17-37(32,33)34)24-18-22(12-14-25(24)35-27)20-8-3-2-4-9-20;1-3-4-5-6-7-8-9-10-11-12-15-21-18-20(2)19-24(25(21)29)28-26-22-16-13-14-17-23(22)27-28;1-25-18-14-17(26-9-2-3-10-26)6-8-20(18)31-22(25)15-23-27(11-4-12-33(28,29)30)19-13-16(24)5-7-21(19)32-23;1-7(11)6-10(4-2-8(12)13)5-3-9(14)15/h2-6,8-15,18-19H,7,16-17H2,1H3;13-14,16-19,29H,3-12,15H2,1-2H3;2-3,5-10,13-15H,4,11-12H2,1H3;7,11H,2-6H2,1H3,(H,12,13)(H,14,15)/p-2. The molecule has 6 heterocycles. The highest BCUT2D eigenvalue weighted by Gasteiger charge is 2.31. The lowest BCUT2D eigenvalue weighted by Crippen LogP contribution is -2.38. The highest BCUT2D eigenvalue weighted by Crippen LogP contribution is 2.48. The molecule has 114 heavy (non-hydrogen) atoms. The number of aryl methyl sites for hydroxylation is 4. The minimum atomic E-state index is -4.30. The Morgan fingerprint density at radius 1 is 0.632 bits per heavy atom. The van der Waals surface area contributed by atoms with Gasteiger partial charge in [-0.1, -0.05) is 190 Å². The van der Waals surface area contributed by atoms with Crippen LogP contribution in [0.3, 0.4) is 0 Å². The molecule has 4 aromatic heterocycles. The molecule has 28 heteroatoms. The van der Waals surface area contributed by atoms with Crippen molar-refractivity contribution in [1.82, 2.24) is 24.5 Å². The number of carboxylic acid groups (broad SMARTS) is 2. The van der Waals surface area contributed by atoms with Crippen molar-refractivity contribution < 1.29 is 69.8 Å². The monoisotopic (exact) mass is 1660 g/mol. The SMILES string of the molecule is CC(O)CN(CCC(=O)[O-])CCC(=O)[O-].CCCCCCCCCCCCc1cc(C)cc(-n2nc3ccccc3n2)c1O.C[n+]1c(C=C2Oc3ccc(-c4ccccc4)cc3N2CCCS(=O)(=O)[O-])sc2ccc3ccccc3c21.C[n+]1c(C=C2Sc3ccc(Cl)cc3N2CCCS(=O)(=O)[O-])sc2ccc(-n3cccc3)cc21. The number of ether oxygens (including phenoxy) is 1. The molecule has 22 nitrogen and oxygen atoms in total. The number of halogens is 1. The number of nitrogens with zero attached hydrogens (tertiary/aromatic N) is 9. The number of phenolic OH excluding ortho intramolecular Hbond substituents is 1. The number of anilines is 2. The number of aliphatic carboxylic acids is 2. The number of aliphatic hydroxyl groups excluding tert-OH is 1. The lowest BCUT2D eigenvalue weighted by molar-refractivity contribution is -0.642. The van der Waals surface area contributed by atoms with Gasteiger partial charge in [-0.25, -0.2) is 16.8 Å². The van der Waals surface area contributed by atoms with Crippen molar-refractivity contribution in [2.24, 2.45) is 14.1 Å². The Morgan fingerprint density at radius 3 is 1.89 bits per heavy atom. The quantitative estimate of drug-likeness (QED) is 0.0225. The molecule has 2 aliphatic rings. The molecule has 600 valence electrons. The van der Waals surface area contributed by atoms with Gasteiger partial charge in [-0.15, -0.1) is 15.0 Å². The number of benzene rings is 8. The number of rotatable bonds is 32. The van der Waals surface area contributed by atoms with E-state index in [2.05, 4.69) is 98.4 Å². The van der Waals surface area contributed by atoms with E-state index < -0.39 is 49.8 Å². The number of thioether (sulfide) groups is 1. The van der Waals surface area contributed by atoms with Crippen molar-refractivity contribution in [2.45, 2.75) is 128 Å². The first-order valence-electron chi connectivity index (χ1n) is 38.3. The number of carbonyl (C=O) groups is 2. The molecule has 8 aromatic carbocycles. The third-order valence-electron chi connectivity index (χ3n) is 19.5. The molecule has 2 aliphatic heterocycles. The second-order valence-corrected chi connectivity index (χ2v) is 35.0. The van der Waals surface area contributed by atoms with Gasteiger partial charge in [0.05, 0.1) is 66.0 Å². The highest BCUT2D eigenvalue weighted by molar-refractivity contribution is 8.04. The molecule has 0 saturated carbocycles. The first-order chi connectivity index (χ1) is 54.8. The number of hydrogen-bond acceptors (Lipinski definition) is 21. The molecule has 0 spiro atoms. The Bertz CT molecular complexity index is 5570. The Morgan fingerprint density at radius 2 is 1.24 bits per heavy atom. The van der Waals surface area contributed by atoms with E-state index >= 15 is 0 Å². The van der Waals surface area contributed by atoms with Crippen LogP contribution in [0.2, 0.25) is 5.02 Å². The van der Waals surface area contributed by atoms with E-state index in [1.54, 1.807) is 51.1 Å². The van der Waals surface area contributed by atoms with Crippen molar-refractivity contribution in [3.05, 3.63) is 219 Å². The fourth-order valence-corrected chi connectivity index (χ4v) is 18.3. The molecule has 2 N–H and O–H groups in total. The third kappa shape index (κ3) is 23.6. The lowest BCUT2D eigenvalue weighted by Gasteiger charge is -2.23. The molecule has 12 aromatic rings. The number of carboxylic acids is 2. The summed E-state index contributed by atoms with van der Waals surface area (Å²) >= 11 is 11.2. The van der Waals surface area contributed by atoms with E-state index in [1.165, 1.54) is 78.0 Å². The van der Waals surface area contributed by atoms with Crippen molar-refractivity contribution in [3.63, 3.8) is 0 Å². The number of aromatic hydroxyl groups is 1. The van der Waals surface area contributed by atoms with Gasteiger partial charge < -0.3 is 63.1 Å². The van der Waals surface area contributed by atoms with Gasteiger partial charge in [0.1, 0.15) is 46.0 Å². The maximum absolute atomic E-state index is 11.3. The zero-order valence-corrected chi connectivity index (χ0v) is 69.3. The van der Waals surface area contributed by atoms with Gasteiger partial charge in [0.15, 0.2) is 5.75 Å². The fourth-order valence-electron chi connectivity index (χ4n) is 13.8. The predicted octanol–water partition coefficient (Wildman–Crippen LogP) is 14.5. The third-order valence-corrected chi connectivity index (χ3v) is 24.7. The second kappa shape index (κ2) is 40.2. The Labute approximate surface area is 683 Å². The summed E-state index contributed by atoms with van der Waals surface area (Å²) < 4.78 is 82.3. The van der Waals surface area contributed by atoms with Gasteiger partial charge in [-0.3, -0.25) is 0 Å². The molecule has 1 unspecified atom stereocenters. The summed E-state index contributed by atoms with van der Waals surface area (Å²) in [4.78, 5) is 28.6. The number of phenols is 1. The fraction of sp³-hybridized carbons (Fsp3) is 0.326. The maximum Gasteiger partial charge on any atom is 0.267 e. The Hall–Kier alpha value is -9.52. The number of aliphatic hydroxyl groups is 1. The number of thiazole rings is 2. The highest BCUT2D eigenvalue weighted by atomic mass is 35.5. The average Bonchev–Trinajstić information content (AvgIpc) is 1.67. The van der Waals surface area contributed by atoms with Crippen LogP contribution in [-0.4, -0.2) is 123 Å². The molecule has 0 saturated heterocycles. The van der Waals surface area contributed by atoms with Crippen LogP contribution < -0.4 is 33.9 Å². The van der Waals surface area contributed by atoms with Crippen LogP contribution in [0, 0.1) is 6.92 Å². The van der Waals surface area contributed by atoms with Crippen molar-refractivity contribution in [3.8, 4) is 34.0 Å². The Kier molecular flexibility index (Phi) is 30.1. The Balaban J connectivity index is 0.000000156. The smallest absolute Gasteiger partial charge is 0.267 e. The van der Waals surface area contributed by atoms with Gasteiger partial charge in [0.2, 0.25) is 16.9 Å². The molecule has 0 radical (unpaired) electrons. The number of carbonyl (C=O) groups excluding carboxylic acids is 2. The summed E-state index contributed by atoms with van der Waals surface area (Å²) in [5.41, 5.74) is 11.7. The van der Waals surface area contributed by atoms with E-state index in [4.69, 9.17) is 21.4 Å². The number of unbranched alkanes of at least 4 members (excludes halogenated alkanes) is 9. The van der Waals surface area contributed by atoms with Crippen LogP contribution in [0.1, 0.15) is 125 Å². The summed E-state index contributed by atoms with van der Waals surface area (Å²) in [6.45, 7) is 7.21. The van der Waals surface area contributed by atoms with E-state index in [-0.39, 0.29) is 45.3 Å². The molecule has 0 amide bonds. The van der Waals surface area contributed by atoms with Gasteiger partial charge in [0.25, 0.3) is 10.0 Å². The summed E-state index contributed by atoms with van der Waals surface area (Å²) in [5, 5.41) is 55.4. The van der Waals surface area contributed by atoms with Gasteiger partial charge >= 0.3 is 0 Å². The van der Waals surface area contributed by atoms with Crippen LogP contribution in [0.15, 0.2) is 198 Å². The van der Waals surface area contributed by atoms with Crippen LogP contribution in [0.25, 0.3) is 76.9 Å². The maximum atomic E-state index is 11.3. The topological polar surface area (TPSA) is 297 Å². The van der Waals surface area contributed by atoms with Crippen LogP contribution in [0.4, 0.5) is 11.4 Å². The number of hydrogen-bond donors (Lipinski definition) is 2. The van der Waals surface area contributed by atoms with E-state index in [0.717, 1.165) is 94.2 Å². The number of aromatic nitrogens is 6. The van der Waals surface area contributed by atoms with E-state index in [1.807, 2.05) is 158 Å². The van der Waals surface area contributed by atoms with Crippen molar-refractivity contribution >= 4 is 144 Å². The van der Waals surface area contributed by atoms with Crippen LogP contribution >= 0.6 is 46.0 Å². The second-order valence-electron chi connectivity index (χ2n) is 28.3.